The van der Waals surface area contributed by atoms with Gasteiger partial charge < -0.3 is 10.4 Å². The number of rotatable bonds is 8. The van der Waals surface area contributed by atoms with Gasteiger partial charge in [0.15, 0.2) is 0 Å². The monoisotopic (exact) mass is 274 g/mol. The zero-order valence-electron chi connectivity index (χ0n) is 10.4. The molecule has 1 aromatic rings. The molecule has 0 saturated carbocycles. The molecular weight excluding hydrogens is 258 g/mol. The van der Waals surface area contributed by atoms with Gasteiger partial charge in [0.2, 0.25) is 5.82 Å². The molecule has 1 rings (SSSR count). The molecule has 0 radical (unpaired) electrons. The Bertz CT molecular complexity index is 441. The van der Waals surface area contributed by atoms with Crippen molar-refractivity contribution in [1.82, 2.24) is 0 Å². The maximum Gasteiger partial charge on any atom is 0.327 e. The van der Waals surface area contributed by atoms with Gasteiger partial charge >= 0.3 is 5.69 Å². The minimum Gasteiger partial charge on any atom is -0.396 e. The Balaban J connectivity index is 2.59. The van der Waals surface area contributed by atoms with Crippen LogP contribution in [0.2, 0.25) is 0 Å². The van der Waals surface area contributed by atoms with Crippen molar-refractivity contribution in [3.05, 3.63) is 33.9 Å². The Hall–Kier alpha value is -1.76. The van der Waals surface area contributed by atoms with Crippen LogP contribution in [0, 0.1) is 21.7 Å². The van der Waals surface area contributed by atoms with Crippen LogP contribution in [0.3, 0.4) is 0 Å². The lowest BCUT2D eigenvalue weighted by Crippen LogP contribution is -2.06. The molecule has 0 aliphatic rings. The van der Waals surface area contributed by atoms with Gasteiger partial charge in [0.1, 0.15) is 11.5 Å². The highest BCUT2D eigenvalue weighted by Gasteiger charge is 2.21. The number of nitro groups is 1. The average Bonchev–Trinajstić information content (AvgIpc) is 2.32. The fraction of sp³-hybridized carbons (Fsp3) is 0.500. The molecule has 5 nitrogen and oxygen atoms in total. The summed E-state index contributed by atoms with van der Waals surface area (Å²) in [5, 5.41) is 22.0. The largest absolute Gasteiger partial charge is 0.396 e. The molecule has 0 fully saturated rings. The molecule has 1 aromatic carbocycles. The third-order valence-electron chi connectivity index (χ3n) is 2.61. The second-order valence-corrected chi connectivity index (χ2v) is 4.11. The van der Waals surface area contributed by atoms with E-state index in [1.807, 2.05) is 0 Å². The zero-order chi connectivity index (χ0) is 14.3. The number of benzene rings is 1. The summed E-state index contributed by atoms with van der Waals surface area (Å²) in [7, 11) is 0. The summed E-state index contributed by atoms with van der Waals surface area (Å²) in [5.41, 5.74) is -0.888. The molecular formula is C12H16F2N2O3. The van der Waals surface area contributed by atoms with E-state index < -0.39 is 22.2 Å². The van der Waals surface area contributed by atoms with E-state index in [-0.39, 0.29) is 12.3 Å². The van der Waals surface area contributed by atoms with Crippen LogP contribution in [-0.2, 0) is 0 Å². The first-order chi connectivity index (χ1) is 9.06. The summed E-state index contributed by atoms with van der Waals surface area (Å²) in [5.74, 6) is -2.04. The van der Waals surface area contributed by atoms with Crippen LogP contribution in [0.15, 0.2) is 12.1 Å². The second kappa shape index (κ2) is 7.63. The highest BCUT2D eigenvalue weighted by atomic mass is 19.1. The fourth-order valence-electron chi connectivity index (χ4n) is 1.70. The molecule has 0 aliphatic carbocycles. The number of anilines is 1. The lowest BCUT2D eigenvalue weighted by Gasteiger charge is -2.07. The van der Waals surface area contributed by atoms with Gasteiger partial charge in [-0.3, -0.25) is 10.1 Å². The standard InChI is InChI=1S/C12H16F2N2O3/c13-9-7-10(14)12(16(18)19)11(8-9)15-5-3-1-2-4-6-17/h7-8,15,17H,1-6H2. The lowest BCUT2D eigenvalue weighted by atomic mass is 10.2. The summed E-state index contributed by atoms with van der Waals surface area (Å²) in [6.07, 6.45) is 3.08. The highest BCUT2D eigenvalue weighted by Crippen LogP contribution is 2.28. The van der Waals surface area contributed by atoms with Gasteiger partial charge in [-0.2, -0.15) is 4.39 Å². The predicted octanol–water partition coefficient (Wildman–Crippen LogP) is 2.84. The molecule has 2 N–H and O–H groups in total. The fourth-order valence-corrected chi connectivity index (χ4v) is 1.70. The first-order valence-corrected chi connectivity index (χ1v) is 6.04. The number of aliphatic hydroxyl groups is 1. The van der Waals surface area contributed by atoms with Crippen LogP contribution < -0.4 is 5.32 Å². The molecule has 19 heavy (non-hydrogen) atoms. The molecule has 0 saturated heterocycles. The van der Waals surface area contributed by atoms with Crippen LogP contribution >= 0.6 is 0 Å². The van der Waals surface area contributed by atoms with E-state index in [1.165, 1.54) is 0 Å². The smallest absolute Gasteiger partial charge is 0.327 e. The molecule has 0 atom stereocenters. The molecule has 0 unspecified atom stereocenters. The number of unbranched alkanes of at least 4 members (excludes halogenated alkanes) is 3. The van der Waals surface area contributed by atoms with E-state index in [4.69, 9.17) is 5.11 Å². The molecule has 0 aliphatic heterocycles. The zero-order valence-corrected chi connectivity index (χ0v) is 10.4. The Kier molecular flexibility index (Phi) is 6.14. The van der Waals surface area contributed by atoms with Gasteiger partial charge in [-0.05, 0) is 12.8 Å². The Morgan fingerprint density at radius 1 is 1.21 bits per heavy atom. The van der Waals surface area contributed by atoms with Crippen LogP contribution in [0.1, 0.15) is 25.7 Å². The van der Waals surface area contributed by atoms with E-state index in [2.05, 4.69) is 5.32 Å². The Labute approximate surface area is 109 Å². The van der Waals surface area contributed by atoms with Gasteiger partial charge in [-0.1, -0.05) is 12.8 Å². The summed E-state index contributed by atoms with van der Waals surface area (Å²) in [4.78, 5) is 9.83. The van der Waals surface area contributed by atoms with Gasteiger partial charge in [-0.25, -0.2) is 4.39 Å². The van der Waals surface area contributed by atoms with Crippen molar-refractivity contribution in [1.29, 1.82) is 0 Å². The van der Waals surface area contributed by atoms with Crippen LogP contribution in [0.5, 0.6) is 0 Å². The maximum atomic E-state index is 13.3. The maximum absolute atomic E-state index is 13.3. The van der Waals surface area contributed by atoms with Gasteiger partial charge in [-0.15, -0.1) is 0 Å². The van der Waals surface area contributed by atoms with Crippen molar-refractivity contribution in [3.8, 4) is 0 Å². The molecule has 0 spiro atoms. The highest BCUT2D eigenvalue weighted by molar-refractivity contribution is 5.62. The van der Waals surface area contributed by atoms with E-state index in [9.17, 15) is 18.9 Å². The van der Waals surface area contributed by atoms with Crippen LogP contribution in [0.4, 0.5) is 20.2 Å². The molecule has 0 bridgehead atoms. The first kappa shape index (κ1) is 15.3. The van der Waals surface area contributed by atoms with Crippen LogP contribution in [-0.4, -0.2) is 23.2 Å². The number of hydrogen-bond acceptors (Lipinski definition) is 4. The van der Waals surface area contributed by atoms with Crippen molar-refractivity contribution in [3.63, 3.8) is 0 Å². The van der Waals surface area contributed by atoms with Crippen molar-refractivity contribution in [2.24, 2.45) is 0 Å². The van der Waals surface area contributed by atoms with E-state index in [0.717, 1.165) is 18.9 Å². The second-order valence-electron chi connectivity index (χ2n) is 4.11. The summed E-state index contributed by atoms with van der Waals surface area (Å²) in [6.45, 7) is 0.517. The number of halogens is 2. The third-order valence-corrected chi connectivity index (χ3v) is 2.61. The topological polar surface area (TPSA) is 75.4 Å². The number of hydrogen-bond donors (Lipinski definition) is 2. The quantitative estimate of drug-likeness (QED) is 0.434. The SMILES string of the molecule is O=[N+]([O-])c1c(F)cc(F)cc1NCCCCCCO. The van der Waals surface area contributed by atoms with Crippen LogP contribution in [0.25, 0.3) is 0 Å². The van der Waals surface area contributed by atoms with Crippen molar-refractivity contribution in [2.45, 2.75) is 25.7 Å². The predicted molar refractivity (Wildman–Crippen MR) is 67.1 cm³/mol. The summed E-state index contributed by atoms with van der Waals surface area (Å²) < 4.78 is 26.3. The third kappa shape index (κ3) is 4.78. The summed E-state index contributed by atoms with van der Waals surface area (Å²) in [6, 6.07) is 1.40. The van der Waals surface area contributed by atoms with Crippen molar-refractivity contribution >= 4 is 11.4 Å². The number of aliphatic hydroxyl groups excluding tert-OH is 1. The van der Waals surface area contributed by atoms with Gasteiger partial charge in [0, 0.05) is 25.3 Å². The molecule has 106 valence electrons. The number of nitrogens with zero attached hydrogens (tertiary/aromatic N) is 1. The molecule has 0 aromatic heterocycles. The van der Waals surface area contributed by atoms with Gasteiger partial charge in [0.05, 0.1) is 4.92 Å². The minimum atomic E-state index is -1.19. The van der Waals surface area contributed by atoms with Crippen molar-refractivity contribution < 1.29 is 18.8 Å². The Morgan fingerprint density at radius 3 is 2.53 bits per heavy atom. The number of nitro benzene ring substituents is 1. The van der Waals surface area contributed by atoms with Crippen molar-refractivity contribution in [2.75, 3.05) is 18.5 Å². The Morgan fingerprint density at radius 2 is 1.89 bits per heavy atom. The number of nitrogens with one attached hydrogen (secondary N) is 1. The van der Waals surface area contributed by atoms with E-state index in [1.54, 1.807) is 0 Å². The van der Waals surface area contributed by atoms with Gasteiger partial charge in [0.25, 0.3) is 0 Å². The normalized spacial score (nSPS) is 10.5. The first-order valence-electron chi connectivity index (χ1n) is 6.04. The average molecular weight is 274 g/mol. The summed E-state index contributed by atoms with van der Waals surface area (Å²) >= 11 is 0. The molecule has 0 heterocycles. The van der Waals surface area contributed by atoms with E-state index in [0.29, 0.717) is 25.5 Å². The molecule has 0 amide bonds. The lowest BCUT2D eigenvalue weighted by molar-refractivity contribution is -0.386. The molecule has 7 heteroatoms. The van der Waals surface area contributed by atoms with E-state index >= 15 is 0 Å². The minimum absolute atomic E-state index is 0.133.